The van der Waals surface area contributed by atoms with Crippen LogP contribution in [0.25, 0.3) is 17.0 Å². The van der Waals surface area contributed by atoms with Gasteiger partial charge in [0.1, 0.15) is 5.75 Å². The standard InChI is InChI=1S/C17H18N2O2/c1-5-6-7-12(3)13(4)16-18-17(21-19-16)14-10-11(2)8-9-15(14)20/h5-10,20H,4H2,1-3H3/b6-5-,12-7-. The lowest BCUT2D eigenvalue weighted by molar-refractivity contribution is 0.422. The van der Waals surface area contributed by atoms with E-state index in [0.717, 1.165) is 11.1 Å². The molecular formula is C17H18N2O2. The number of phenolic OH excluding ortho intramolecular Hbond substituents is 1. The molecule has 0 aliphatic heterocycles. The van der Waals surface area contributed by atoms with Crippen molar-refractivity contribution in [2.75, 3.05) is 0 Å². The second kappa shape index (κ2) is 6.22. The molecule has 4 heteroatoms. The van der Waals surface area contributed by atoms with Crippen LogP contribution in [0.4, 0.5) is 0 Å². The molecule has 0 unspecified atom stereocenters. The fourth-order valence-corrected chi connectivity index (χ4v) is 1.79. The van der Waals surface area contributed by atoms with E-state index in [0.29, 0.717) is 17.0 Å². The van der Waals surface area contributed by atoms with Gasteiger partial charge in [-0.25, -0.2) is 0 Å². The maximum Gasteiger partial charge on any atom is 0.262 e. The smallest absolute Gasteiger partial charge is 0.262 e. The molecule has 0 bridgehead atoms. The van der Waals surface area contributed by atoms with Gasteiger partial charge >= 0.3 is 0 Å². The molecule has 0 saturated heterocycles. The minimum absolute atomic E-state index is 0.114. The van der Waals surface area contributed by atoms with Crippen molar-refractivity contribution in [3.8, 4) is 17.2 Å². The van der Waals surface area contributed by atoms with Gasteiger partial charge in [-0.3, -0.25) is 0 Å². The molecule has 2 aromatic rings. The van der Waals surface area contributed by atoms with Crippen molar-refractivity contribution in [3.05, 3.63) is 60.0 Å². The summed E-state index contributed by atoms with van der Waals surface area (Å²) in [6, 6.07) is 5.23. The molecule has 0 aliphatic rings. The Hall–Kier alpha value is -2.62. The Morgan fingerprint density at radius 3 is 2.86 bits per heavy atom. The Morgan fingerprint density at radius 1 is 1.38 bits per heavy atom. The lowest BCUT2D eigenvalue weighted by Gasteiger charge is -2.00. The third-order valence-corrected chi connectivity index (χ3v) is 3.09. The van der Waals surface area contributed by atoms with Crippen molar-refractivity contribution in [2.24, 2.45) is 0 Å². The second-order valence-electron chi connectivity index (χ2n) is 4.80. The zero-order chi connectivity index (χ0) is 15.4. The minimum Gasteiger partial charge on any atom is -0.507 e. The summed E-state index contributed by atoms with van der Waals surface area (Å²) in [6.07, 6.45) is 5.79. The number of nitrogens with zero attached hydrogens (tertiary/aromatic N) is 2. The van der Waals surface area contributed by atoms with Crippen LogP contribution in [0.15, 0.2) is 53.1 Å². The summed E-state index contributed by atoms with van der Waals surface area (Å²) >= 11 is 0. The number of hydrogen-bond acceptors (Lipinski definition) is 4. The number of aromatic hydroxyl groups is 1. The molecule has 4 nitrogen and oxygen atoms in total. The molecule has 0 saturated carbocycles. The quantitative estimate of drug-likeness (QED) is 0.850. The monoisotopic (exact) mass is 282 g/mol. The Kier molecular flexibility index (Phi) is 4.38. The van der Waals surface area contributed by atoms with Gasteiger partial charge in [-0.05, 0) is 38.5 Å². The van der Waals surface area contributed by atoms with Crippen LogP contribution in [0.3, 0.4) is 0 Å². The number of rotatable bonds is 4. The van der Waals surface area contributed by atoms with Gasteiger partial charge in [-0.1, -0.05) is 41.6 Å². The second-order valence-corrected chi connectivity index (χ2v) is 4.80. The van der Waals surface area contributed by atoms with Crippen molar-refractivity contribution < 1.29 is 9.63 Å². The minimum atomic E-state index is 0.114. The first-order chi connectivity index (χ1) is 10.0. The summed E-state index contributed by atoms with van der Waals surface area (Å²) in [5.41, 5.74) is 3.17. The number of hydrogen-bond donors (Lipinski definition) is 1. The fraction of sp³-hybridized carbons (Fsp3) is 0.176. The average Bonchev–Trinajstić information content (AvgIpc) is 2.96. The van der Waals surface area contributed by atoms with E-state index < -0.39 is 0 Å². The van der Waals surface area contributed by atoms with Gasteiger partial charge in [-0.15, -0.1) is 0 Å². The topological polar surface area (TPSA) is 59.2 Å². The Labute approximate surface area is 124 Å². The fourth-order valence-electron chi connectivity index (χ4n) is 1.79. The van der Waals surface area contributed by atoms with Gasteiger partial charge in [0.2, 0.25) is 5.82 Å². The van der Waals surface area contributed by atoms with Gasteiger partial charge in [0.05, 0.1) is 5.56 Å². The number of allylic oxidation sites excluding steroid dienone is 5. The van der Waals surface area contributed by atoms with Crippen LogP contribution in [0.2, 0.25) is 0 Å². The van der Waals surface area contributed by atoms with Crippen LogP contribution in [-0.2, 0) is 0 Å². The van der Waals surface area contributed by atoms with Crippen LogP contribution in [-0.4, -0.2) is 15.2 Å². The maximum absolute atomic E-state index is 9.89. The van der Waals surface area contributed by atoms with Crippen molar-refractivity contribution in [2.45, 2.75) is 20.8 Å². The highest BCUT2D eigenvalue weighted by molar-refractivity contribution is 5.74. The molecule has 2 rings (SSSR count). The number of phenols is 1. The summed E-state index contributed by atoms with van der Waals surface area (Å²) in [5.74, 6) is 0.818. The van der Waals surface area contributed by atoms with Crippen LogP contribution >= 0.6 is 0 Å². The molecule has 0 aliphatic carbocycles. The summed E-state index contributed by atoms with van der Waals surface area (Å²) < 4.78 is 5.24. The molecule has 1 aromatic carbocycles. The first-order valence-electron chi connectivity index (χ1n) is 6.66. The number of benzene rings is 1. The predicted molar refractivity (Wildman–Crippen MR) is 83.7 cm³/mol. The van der Waals surface area contributed by atoms with E-state index in [-0.39, 0.29) is 11.6 Å². The number of aryl methyl sites for hydroxylation is 1. The summed E-state index contributed by atoms with van der Waals surface area (Å²) in [6.45, 7) is 9.79. The average molecular weight is 282 g/mol. The highest BCUT2D eigenvalue weighted by Crippen LogP contribution is 2.30. The highest BCUT2D eigenvalue weighted by Gasteiger charge is 2.15. The zero-order valence-electron chi connectivity index (χ0n) is 12.4. The third-order valence-electron chi connectivity index (χ3n) is 3.09. The largest absolute Gasteiger partial charge is 0.507 e. The zero-order valence-corrected chi connectivity index (χ0v) is 12.4. The van der Waals surface area contributed by atoms with Gasteiger partial charge in [0, 0.05) is 5.57 Å². The van der Waals surface area contributed by atoms with Crippen LogP contribution in [0, 0.1) is 6.92 Å². The Bertz CT molecular complexity index is 724. The molecule has 1 heterocycles. The molecule has 0 fully saturated rings. The van der Waals surface area contributed by atoms with E-state index in [1.165, 1.54) is 0 Å². The van der Waals surface area contributed by atoms with Crippen LogP contribution in [0.5, 0.6) is 5.75 Å². The van der Waals surface area contributed by atoms with Crippen LogP contribution in [0.1, 0.15) is 25.2 Å². The molecule has 0 spiro atoms. The molecule has 0 amide bonds. The van der Waals surface area contributed by atoms with Crippen molar-refractivity contribution in [1.29, 1.82) is 0 Å². The van der Waals surface area contributed by atoms with E-state index in [4.69, 9.17) is 4.52 Å². The SMILES string of the molecule is C=C(/C(C)=C\C=C/C)c1noc(-c2cc(C)ccc2O)n1. The Morgan fingerprint density at radius 2 is 2.14 bits per heavy atom. The predicted octanol–water partition coefficient (Wildman–Crippen LogP) is 4.29. The van der Waals surface area contributed by atoms with E-state index in [2.05, 4.69) is 16.7 Å². The van der Waals surface area contributed by atoms with Crippen molar-refractivity contribution in [1.82, 2.24) is 10.1 Å². The molecule has 1 aromatic heterocycles. The van der Waals surface area contributed by atoms with Gasteiger partial charge < -0.3 is 9.63 Å². The normalized spacial score (nSPS) is 12.0. The van der Waals surface area contributed by atoms with Crippen molar-refractivity contribution in [3.63, 3.8) is 0 Å². The highest BCUT2D eigenvalue weighted by atomic mass is 16.5. The van der Waals surface area contributed by atoms with Gasteiger partial charge in [-0.2, -0.15) is 4.98 Å². The first-order valence-corrected chi connectivity index (χ1v) is 6.66. The van der Waals surface area contributed by atoms with Gasteiger partial charge in [0.15, 0.2) is 0 Å². The molecule has 0 radical (unpaired) electrons. The first kappa shape index (κ1) is 14.8. The molecule has 0 atom stereocenters. The van der Waals surface area contributed by atoms with Crippen LogP contribution < -0.4 is 0 Å². The van der Waals surface area contributed by atoms with E-state index in [1.807, 2.05) is 45.1 Å². The lowest BCUT2D eigenvalue weighted by atomic mass is 10.1. The summed E-state index contributed by atoms with van der Waals surface area (Å²) in [4.78, 5) is 4.31. The molecular weight excluding hydrogens is 264 g/mol. The van der Waals surface area contributed by atoms with E-state index in [1.54, 1.807) is 12.1 Å². The third kappa shape index (κ3) is 3.28. The van der Waals surface area contributed by atoms with Crippen molar-refractivity contribution >= 4 is 5.57 Å². The number of aromatic nitrogens is 2. The summed E-state index contributed by atoms with van der Waals surface area (Å²) in [5, 5.41) is 13.8. The lowest BCUT2D eigenvalue weighted by Crippen LogP contribution is -1.88. The summed E-state index contributed by atoms with van der Waals surface area (Å²) in [7, 11) is 0. The van der Waals surface area contributed by atoms with Gasteiger partial charge in [0.25, 0.3) is 5.89 Å². The molecule has 21 heavy (non-hydrogen) atoms. The maximum atomic E-state index is 9.89. The molecule has 1 N–H and O–H groups in total. The van der Waals surface area contributed by atoms with E-state index in [9.17, 15) is 5.11 Å². The van der Waals surface area contributed by atoms with E-state index >= 15 is 0 Å². The Balaban J connectivity index is 2.34. The molecule has 108 valence electrons.